The lowest BCUT2D eigenvalue weighted by atomic mass is 9.98. The normalized spacial score (nSPS) is 12.1. The highest BCUT2D eigenvalue weighted by atomic mass is 32.1. The van der Waals surface area contributed by atoms with Crippen molar-refractivity contribution in [3.63, 3.8) is 0 Å². The SMILES string of the molecule is c1ccc(-c2cc(-c3ccccc3)nc(-c3cc(-n4c5ccc(-c6cccc7c6sc6ccccc67)cc5c5cc(-c6cccc7c6sc6ccccc67)ccc54)cc(-n4c5ccc(-c6cccc7c6sc6ccccc67)cc5c5cc(-c6cccc7c6sc6ccccc67)ccc54)c3)n2)cc1. The average Bonchev–Trinajstić information content (AvgIpc) is 1.57. The van der Waals surface area contributed by atoms with Crippen LogP contribution in [0, 0.1) is 0 Å². The van der Waals surface area contributed by atoms with Crippen LogP contribution in [0.25, 0.3) is 214 Å². The van der Waals surface area contributed by atoms with Crippen molar-refractivity contribution in [1.82, 2.24) is 19.1 Å². The van der Waals surface area contributed by atoms with Gasteiger partial charge in [-0.1, -0.05) is 231 Å². The van der Waals surface area contributed by atoms with E-state index in [-0.39, 0.29) is 0 Å². The average molecular weight is 1370 g/mol. The number of rotatable bonds is 9. The number of hydrogen-bond acceptors (Lipinski definition) is 6. The van der Waals surface area contributed by atoms with Crippen LogP contribution in [0.3, 0.4) is 0 Å². The Morgan fingerprint density at radius 3 is 0.794 bits per heavy atom. The van der Waals surface area contributed by atoms with Gasteiger partial charge in [0.05, 0.1) is 33.5 Å². The molecule has 0 aliphatic rings. The Bertz CT molecular complexity index is 6500. The van der Waals surface area contributed by atoms with Gasteiger partial charge in [-0.3, -0.25) is 0 Å². The molecule has 0 saturated carbocycles. The number of thiophene rings is 4. The molecule has 22 aromatic rings. The highest BCUT2D eigenvalue weighted by Gasteiger charge is 2.24. The first kappa shape index (κ1) is 57.7. The van der Waals surface area contributed by atoms with Gasteiger partial charge in [-0.25, -0.2) is 9.97 Å². The second-order valence-electron chi connectivity index (χ2n) is 26.7. The van der Waals surface area contributed by atoms with Crippen molar-refractivity contribution >= 4 is 170 Å². The summed E-state index contributed by atoms with van der Waals surface area (Å²) >= 11 is 7.52. The standard InChI is InChI=1S/C94H54N4S4/c1-3-19-55(20-4-1)80-54-81(56-21-5-2-6-22-56)96-94(95-80)61-47-62(97-82-43-39-57(64-27-15-31-72-68-23-7-11-35-86(68)99-90(64)72)49-76(82)77-50-58(40-44-83(77)97)65-28-16-32-73-69-24-8-12-36-87(69)100-91(65)73)53-63(48-61)98-84-45-41-59(66-29-17-33-74-70-25-9-13-37-88(70)101-92(66)74)51-78(84)79-52-60(42-46-85(79)98)67-30-18-34-75-71-26-10-14-38-89(71)102-93(67)75/h1-54H. The second-order valence-corrected chi connectivity index (χ2v) is 30.9. The van der Waals surface area contributed by atoms with Gasteiger partial charge in [0, 0.05) is 130 Å². The summed E-state index contributed by atoms with van der Waals surface area (Å²) in [6.45, 7) is 0. The quantitative estimate of drug-likeness (QED) is 0.144. The zero-order valence-corrected chi connectivity index (χ0v) is 57.9. The van der Waals surface area contributed by atoms with E-state index in [1.54, 1.807) is 0 Å². The predicted molar refractivity (Wildman–Crippen MR) is 440 cm³/mol. The van der Waals surface area contributed by atoms with Crippen LogP contribution < -0.4 is 0 Å². The van der Waals surface area contributed by atoms with Crippen LogP contribution in [-0.4, -0.2) is 19.1 Å². The Morgan fingerprint density at radius 1 is 0.196 bits per heavy atom. The Hall–Kier alpha value is -12.1. The molecule has 0 fully saturated rings. The Morgan fingerprint density at radius 2 is 0.480 bits per heavy atom. The minimum absolute atomic E-state index is 0.634. The fourth-order valence-corrected chi connectivity index (χ4v) is 21.2. The molecule has 0 saturated heterocycles. The maximum absolute atomic E-state index is 5.61. The van der Waals surface area contributed by atoms with Crippen molar-refractivity contribution in [3.05, 3.63) is 328 Å². The van der Waals surface area contributed by atoms with Crippen LogP contribution >= 0.6 is 45.3 Å². The molecule has 0 unspecified atom stereocenters. The van der Waals surface area contributed by atoms with Crippen molar-refractivity contribution in [2.24, 2.45) is 0 Å². The van der Waals surface area contributed by atoms with Gasteiger partial charge in [-0.15, -0.1) is 45.3 Å². The van der Waals surface area contributed by atoms with Gasteiger partial charge in [0.25, 0.3) is 0 Å². The molecule has 7 heterocycles. The summed E-state index contributed by atoms with van der Waals surface area (Å²) in [6.07, 6.45) is 0. The van der Waals surface area contributed by atoms with E-state index in [1.165, 1.54) is 147 Å². The zero-order valence-electron chi connectivity index (χ0n) is 54.6. The molecule has 0 aliphatic carbocycles. The van der Waals surface area contributed by atoms with E-state index in [1.807, 2.05) is 45.3 Å². The Balaban J connectivity index is 0.828. The lowest BCUT2D eigenvalue weighted by molar-refractivity contribution is 1.12. The molecule has 0 N–H and O–H groups in total. The molecule has 102 heavy (non-hydrogen) atoms. The van der Waals surface area contributed by atoms with Gasteiger partial charge in [0.2, 0.25) is 0 Å². The fourth-order valence-electron chi connectivity index (χ4n) is 16.2. The third-order valence-electron chi connectivity index (χ3n) is 20.9. The minimum atomic E-state index is 0.634. The van der Waals surface area contributed by atoms with Crippen LogP contribution in [0.2, 0.25) is 0 Å². The second kappa shape index (κ2) is 22.7. The predicted octanol–water partition coefficient (Wildman–Crippen LogP) is 27.8. The molecule has 8 heteroatoms. The van der Waals surface area contributed by atoms with Crippen molar-refractivity contribution in [2.45, 2.75) is 0 Å². The van der Waals surface area contributed by atoms with E-state index >= 15 is 0 Å². The van der Waals surface area contributed by atoms with Gasteiger partial charge in [0.15, 0.2) is 5.82 Å². The Labute approximate surface area is 601 Å². The minimum Gasteiger partial charge on any atom is -0.309 e. The summed E-state index contributed by atoms with van der Waals surface area (Å²) in [5, 5.41) is 15.0. The van der Waals surface area contributed by atoms with E-state index in [0.717, 1.165) is 61.5 Å². The van der Waals surface area contributed by atoms with Crippen LogP contribution in [0.15, 0.2) is 328 Å². The van der Waals surface area contributed by atoms with E-state index < -0.39 is 0 Å². The van der Waals surface area contributed by atoms with Gasteiger partial charge >= 0.3 is 0 Å². The summed E-state index contributed by atoms with van der Waals surface area (Å²) in [6, 6.07) is 122. The molecule has 0 aliphatic heterocycles. The highest BCUT2D eigenvalue weighted by Crippen LogP contribution is 2.49. The number of hydrogen-bond donors (Lipinski definition) is 0. The maximum Gasteiger partial charge on any atom is 0.160 e. The summed E-state index contributed by atoms with van der Waals surface area (Å²) < 4.78 is 15.4. The summed E-state index contributed by atoms with van der Waals surface area (Å²) in [7, 11) is 0. The van der Waals surface area contributed by atoms with E-state index in [2.05, 4.69) is 337 Å². The van der Waals surface area contributed by atoms with E-state index in [0.29, 0.717) is 5.82 Å². The number of benzene rings is 15. The molecule has 0 spiro atoms. The molecular formula is C94H54N4S4. The topological polar surface area (TPSA) is 35.6 Å². The number of fused-ring (bicyclic) bond motifs is 18. The lowest BCUT2D eigenvalue weighted by Gasteiger charge is -2.17. The van der Waals surface area contributed by atoms with Crippen molar-refractivity contribution < 1.29 is 0 Å². The monoisotopic (exact) mass is 1370 g/mol. The van der Waals surface area contributed by atoms with Crippen LogP contribution in [0.5, 0.6) is 0 Å². The van der Waals surface area contributed by atoms with Gasteiger partial charge in [-0.05, 0) is 142 Å². The third kappa shape index (κ3) is 8.97. The molecule has 15 aromatic carbocycles. The summed E-state index contributed by atoms with van der Waals surface area (Å²) in [5.74, 6) is 0.634. The molecule has 22 rings (SSSR count). The van der Waals surface area contributed by atoms with Gasteiger partial charge in [-0.2, -0.15) is 0 Å². The molecule has 0 bridgehead atoms. The Kier molecular flexibility index (Phi) is 12.8. The van der Waals surface area contributed by atoms with Crippen molar-refractivity contribution in [1.29, 1.82) is 0 Å². The molecular weight excluding hydrogens is 1310 g/mol. The molecule has 0 radical (unpaired) electrons. The maximum atomic E-state index is 5.61. The van der Waals surface area contributed by atoms with Crippen LogP contribution in [0.1, 0.15) is 0 Å². The summed E-state index contributed by atoms with van der Waals surface area (Å²) in [4.78, 5) is 11.2. The van der Waals surface area contributed by atoms with E-state index in [4.69, 9.17) is 9.97 Å². The molecule has 7 aromatic heterocycles. The van der Waals surface area contributed by atoms with E-state index in [9.17, 15) is 0 Å². The number of nitrogens with zero attached hydrogens (tertiary/aromatic N) is 4. The molecule has 0 atom stereocenters. The van der Waals surface area contributed by atoms with Crippen molar-refractivity contribution in [3.8, 4) is 89.8 Å². The highest BCUT2D eigenvalue weighted by molar-refractivity contribution is 7.27. The largest absolute Gasteiger partial charge is 0.309 e. The first-order valence-electron chi connectivity index (χ1n) is 34.5. The lowest BCUT2D eigenvalue weighted by Crippen LogP contribution is -2.02. The molecule has 4 nitrogen and oxygen atoms in total. The van der Waals surface area contributed by atoms with Crippen LogP contribution in [0.4, 0.5) is 0 Å². The summed E-state index contributed by atoms with van der Waals surface area (Å²) in [5.41, 5.74) is 20.7. The molecule has 474 valence electrons. The van der Waals surface area contributed by atoms with Crippen molar-refractivity contribution in [2.75, 3.05) is 0 Å². The van der Waals surface area contributed by atoms with Gasteiger partial charge in [0.1, 0.15) is 0 Å². The third-order valence-corrected chi connectivity index (χ3v) is 25.8. The number of aromatic nitrogens is 4. The molecule has 0 amide bonds. The van der Waals surface area contributed by atoms with Gasteiger partial charge < -0.3 is 9.13 Å². The fraction of sp³-hybridized carbons (Fsp3) is 0. The first-order valence-corrected chi connectivity index (χ1v) is 37.8. The first-order chi connectivity index (χ1) is 50.5. The smallest absolute Gasteiger partial charge is 0.160 e. The van der Waals surface area contributed by atoms with Crippen LogP contribution in [-0.2, 0) is 0 Å². The zero-order chi connectivity index (χ0) is 66.7.